The van der Waals surface area contributed by atoms with Gasteiger partial charge >= 0.3 is 0 Å². The fourth-order valence-corrected chi connectivity index (χ4v) is 0.841. The van der Waals surface area contributed by atoms with Crippen molar-refractivity contribution in [3.05, 3.63) is 17.6 Å². The van der Waals surface area contributed by atoms with Crippen LogP contribution in [0.4, 0.5) is 0 Å². The van der Waals surface area contributed by atoms with Gasteiger partial charge in [0.25, 0.3) is 0 Å². The first-order chi connectivity index (χ1) is 5.65. The Kier molecular flexibility index (Phi) is 2.38. The first kappa shape index (κ1) is 8.64. The van der Waals surface area contributed by atoms with Crippen molar-refractivity contribution in [1.82, 2.24) is 9.97 Å². The summed E-state index contributed by atoms with van der Waals surface area (Å²) in [7, 11) is 1.52. The monoisotopic (exact) mass is 166 g/mol. The molecule has 0 aliphatic carbocycles. The zero-order valence-corrected chi connectivity index (χ0v) is 7.29. The molecule has 1 rings (SSSR count). The molecule has 0 N–H and O–H groups in total. The molecule has 0 saturated heterocycles. The summed E-state index contributed by atoms with van der Waals surface area (Å²) in [6, 6.07) is 0. The summed E-state index contributed by atoms with van der Waals surface area (Å²) in [5.74, 6) is 0.369. The van der Waals surface area contributed by atoms with E-state index in [0.29, 0.717) is 17.3 Å². The van der Waals surface area contributed by atoms with Crippen molar-refractivity contribution < 1.29 is 9.53 Å². The molecule has 0 atom stereocenters. The molecule has 0 aliphatic heterocycles. The fraction of sp³-hybridized carbons (Fsp3) is 0.375. The summed E-state index contributed by atoms with van der Waals surface area (Å²) >= 11 is 0. The van der Waals surface area contributed by atoms with Gasteiger partial charge in [0.15, 0.2) is 5.78 Å². The van der Waals surface area contributed by atoms with Crippen molar-refractivity contribution in [2.75, 3.05) is 7.11 Å². The lowest BCUT2D eigenvalue weighted by Gasteiger charge is -2.02. The molecule has 0 amide bonds. The van der Waals surface area contributed by atoms with Gasteiger partial charge < -0.3 is 4.74 Å². The van der Waals surface area contributed by atoms with Gasteiger partial charge in [-0.25, -0.2) is 9.97 Å². The summed E-state index contributed by atoms with van der Waals surface area (Å²) in [6.45, 7) is 3.20. The zero-order chi connectivity index (χ0) is 9.14. The number of Topliss-reactive ketones (excluding diaryl/α,β-unsaturated/α-hetero) is 1. The molecule has 1 heterocycles. The predicted molar refractivity (Wildman–Crippen MR) is 43.3 cm³/mol. The van der Waals surface area contributed by atoms with E-state index in [0.717, 1.165) is 0 Å². The maximum absolute atomic E-state index is 10.9. The van der Waals surface area contributed by atoms with Crippen molar-refractivity contribution >= 4 is 5.78 Å². The normalized spacial score (nSPS) is 9.58. The predicted octanol–water partition coefficient (Wildman–Crippen LogP) is 0.996. The van der Waals surface area contributed by atoms with Gasteiger partial charge in [0, 0.05) is 6.92 Å². The Labute approximate surface area is 70.6 Å². The van der Waals surface area contributed by atoms with Crippen LogP contribution in [0.25, 0.3) is 0 Å². The molecule has 0 unspecified atom stereocenters. The minimum Gasteiger partial charge on any atom is -0.480 e. The third-order valence-electron chi connectivity index (χ3n) is 1.46. The molecule has 0 aliphatic rings. The van der Waals surface area contributed by atoms with Crippen LogP contribution in [0.15, 0.2) is 6.20 Å². The standard InChI is InChI=1S/C8H10N2O2/c1-5-8(12-3)9-4-7(10-5)6(2)11/h4H,1-3H3. The highest BCUT2D eigenvalue weighted by molar-refractivity contribution is 5.91. The lowest BCUT2D eigenvalue weighted by Crippen LogP contribution is -2.02. The molecule has 0 saturated carbocycles. The minimum absolute atomic E-state index is 0.0896. The molecule has 1 aromatic heterocycles. The molecular weight excluding hydrogens is 156 g/mol. The first-order valence-electron chi connectivity index (χ1n) is 3.53. The van der Waals surface area contributed by atoms with Gasteiger partial charge in [0.2, 0.25) is 5.88 Å². The first-order valence-corrected chi connectivity index (χ1v) is 3.53. The smallest absolute Gasteiger partial charge is 0.235 e. The van der Waals surface area contributed by atoms with E-state index in [2.05, 4.69) is 9.97 Å². The molecule has 1 aromatic rings. The van der Waals surface area contributed by atoms with E-state index in [-0.39, 0.29) is 5.78 Å². The summed E-state index contributed by atoms with van der Waals surface area (Å²) in [5, 5.41) is 0. The molecule has 4 heteroatoms. The number of nitrogens with zero attached hydrogens (tertiary/aromatic N) is 2. The largest absolute Gasteiger partial charge is 0.480 e. The highest BCUT2D eigenvalue weighted by Crippen LogP contribution is 2.10. The maximum Gasteiger partial charge on any atom is 0.235 e. The van der Waals surface area contributed by atoms with Crippen molar-refractivity contribution in [2.24, 2.45) is 0 Å². The number of rotatable bonds is 2. The lowest BCUT2D eigenvalue weighted by molar-refractivity contribution is 0.101. The highest BCUT2D eigenvalue weighted by Gasteiger charge is 2.05. The van der Waals surface area contributed by atoms with Crippen molar-refractivity contribution in [1.29, 1.82) is 0 Å². The molecule has 4 nitrogen and oxygen atoms in total. The molecule has 0 radical (unpaired) electrons. The number of carbonyl (C=O) groups is 1. The lowest BCUT2D eigenvalue weighted by atomic mass is 10.3. The Morgan fingerprint density at radius 3 is 2.67 bits per heavy atom. The quantitative estimate of drug-likeness (QED) is 0.615. The number of aryl methyl sites for hydroxylation is 1. The van der Waals surface area contributed by atoms with Gasteiger partial charge in [0.1, 0.15) is 11.4 Å². The van der Waals surface area contributed by atoms with Gasteiger partial charge in [-0.2, -0.15) is 0 Å². The molecule has 0 aromatic carbocycles. The topological polar surface area (TPSA) is 52.1 Å². The highest BCUT2D eigenvalue weighted by atomic mass is 16.5. The average Bonchev–Trinajstić information content (AvgIpc) is 2.04. The number of aromatic nitrogens is 2. The van der Waals surface area contributed by atoms with Gasteiger partial charge in [-0.05, 0) is 6.92 Å². The number of ketones is 1. The van der Waals surface area contributed by atoms with E-state index >= 15 is 0 Å². The van der Waals surface area contributed by atoms with Gasteiger partial charge in [0.05, 0.1) is 13.3 Å². The Morgan fingerprint density at radius 1 is 1.58 bits per heavy atom. The summed E-state index contributed by atoms with van der Waals surface area (Å²) in [6.07, 6.45) is 1.41. The number of methoxy groups -OCH3 is 1. The molecule has 0 bridgehead atoms. The zero-order valence-electron chi connectivity index (χ0n) is 7.29. The second-order valence-electron chi connectivity index (χ2n) is 2.41. The minimum atomic E-state index is -0.0896. The maximum atomic E-state index is 10.9. The summed E-state index contributed by atoms with van der Waals surface area (Å²) in [5.41, 5.74) is 0.999. The van der Waals surface area contributed by atoms with Gasteiger partial charge in [-0.1, -0.05) is 0 Å². The van der Waals surface area contributed by atoms with Crippen LogP contribution in [0.3, 0.4) is 0 Å². The number of ether oxygens (including phenoxy) is 1. The van der Waals surface area contributed by atoms with Crippen molar-refractivity contribution in [3.63, 3.8) is 0 Å². The van der Waals surface area contributed by atoms with Crippen LogP contribution in [0, 0.1) is 6.92 Å². The second-order valence-corrected chi connectivity index (χ2v) is 2.41. The Morgan fingerprint density at radius 2 is 2.25 bits per heavy atom. The number of hydrogen-bond donors (Lipinski definition) is 0. The average molecular weight is 166 g/mol. The van der Waals surface area contributed by atoms with Crippen LogP contribution < -0.4 is 4.74 Å². The van der Waals surface area contributed by atoms with E-state index in [1.54, 1.807) is 6.92 Å². The molecule has 0 fully saturated rings. The van der Waals surface area contributed by atoms with Crippen LogP contribution in [0.5, 0.6) is 5.88 Å². The molecule has 12 heavy (non-hydrogen) atoms. The van der Waals surface area contributed by atoms with Crippen molar-refractivity contribution in [3.8, 4) is 5.88 Å². The third-order valence-corrected chi connectivity index (χ3v) is 1.46. The van der Waals surface area contributed by atoms with E-state index in [9.17, 15) is 4.79 Å². The fourth-order valence-electron chi connectivity index (χ4n) is 0.841. The number of carbonyl (C=O) groups excluding carboxylic acids is 1. The Hall–Kier alpha value is -1.45. The van der Waals surface area contributed by atoms with Crippen LogP contribution in [-0.4, -0.2) is 22.9 Å². The van der Waals surface area contributed by atoms with Crippen LogP contribution >= 0.6 is 0 Å². The van der Waals surface area contributed by atoms with E-state index in [4.69, 9.17) is 4.74 Å². The summed E-state index contributed by atoms with van der Waals surface area (Å²) in [4.78, 5) is 18.8. The van der Waals surface area contributed by atoms with Crippen LogP contribution in [-0.2, 0) is 0 Å². The van der Waals surface area contributed by atoms with Gasteiger partial charge in [-0.3, -0.25) is 4.79 Å². The number of hydrogen-bond acceptors (Lipinski definition) is 4. The van der Waals surface area contributed by atoms with Crippen LogP contribution in [0.2, 0.25) is 0 Å². The second kappa shape index (κ2) is 3.30. The van der Waals surface area contributed by atoms with E-state index in [1.807, 2.05) is 0 Å². The van der Waals surface area contributed by atoms with Gasteiger partial charge in [-0.15, -0.1) is 0 Å². The molecule has 0 spiro atoms. The van der Waals surface area contributed by atoms with Crippen molar-refractivity contribution in [2.45, 2.75) is 13.8 Å². The molecular formula is C8H10N2O2. The van der Waals surface area contributed by atoms with E-state index < -0.39 is 0 Å². The molecule has 64 valence electrons. The third kappa shape index (κ3) is 1.58. The van der Waals surface area contributed by atoms with E-state index in [1.165, 1.54) is 20.2 Å². The Balaban J connectivity index is 3.10. The van der Waals surface area contributed by atoms with Crippen LogP contribution in [0.1, 0.15) is 23.1 Å². The summed E-state index contributed by atoms with van der Waals surface area (Å²) < 4.78 is 4.89. The SMILES string of the molecule is COc1ncc(C(C)=O)nc1C. The Bertz CT molecular complexity index is 310.